The number of nitrogens with one attached hydrogen (secondary N) is 2. The monoisotopic (exact) mass is 394 g/mol. The first kappa shape index (κ1) is 16.3. The largest absolute Gasteiger partial charge is 0.352 e. The molecule has 0 spiro atoms. The SMILES string of the molecule is Clc1ccc(-c2c3c(cc4nc5ccccc5nc24)Nc2ccccc2N3)cc1. The van der Waals surface area contributed by atoms with E-state index >= 15 is 0 Å². The molecule has 0 atom stereocenters. The number of fused-ring (bicyclic) bond motifs is 4. The molecule has 0 saturated carbocycles. The fourth-order valence-electron chi connectivity index (χ4n) is 3.87. The van der Waals surface area contributed by atoms with Crippen LogP contribution in [0.15, 0.2) is 78.9 Å². The van der Waals surface area contributed by atoms with Gasteiger partial charge in [-0.3, -0.25) is 0 Å². The molecule has 5 aromatic rings. The molecule has 0 unspecified atom stereocenters. The van der Waals surface area contributed by atoms with E-state index in [0.717, 1.165) is 55.9 Å². The van der Waals surface area contributed by atoms with E-state index < -0.39 is 0 Å². The molecule has 0 bridgehead atoms. The molecule has 1 aliphatic heterocycles. The van der Waals surface area contributed by atoms with Gasteiger partial charge in [-0.15, -0.1) is 0 Å². The second-order valence-electron chi connectivity index (χ2n) is 7.06. The van der Waals surface area contributed by atoms with Gasteiger partial charge in [-0.1, -0.05) is 48.0 Å². The topological polar surface area (TPSA) is 49.8 Å². The van der Waals surface area contributed by atoms with Crippen LogP contribution in [0.3, 0.4) is 0 Å². The zero-order valence-electron chi connectivity index (χ0n) is 15.3. The molecule has 2 heterocycles. The van der Waals surface area contributed by atoms with Crippen molar-refractivity contribution < 1.29 is 0 Å². The molecule has 29 heavy (non-hydrogen) atoms. The minimum absolute atomic E-state index is 0.704. The standard InChI is InChI=1S/C24H15ClN4/c25-15-11-9-14(10-12-15)22-23-20(26-16-5-1-3-7-18(16)28-23)13-21-24(22)29-19-8-4-2-6-17(19)27-21/h1-13,26,28H. The predicted molar refractivity (Wildman–Crippen MR) is 120 cm³/mol. The average molecular weight is 395 g/mol. The number of hydrogen-bond donors (Lipinski definition) is 2. The van der Waals surface area contributed by atoms with Gasteiger partial charge < -0.3 is 10.6 Å². The van der Waals surface area contributed by atoms with Crippen LogP contribution in [0.4, 0.5) is 22.7 Å². The summed E-state index contributed by atoms with van der Waals surface area (Å²) in [5.41, 5.74) is 9.54. The lowest BCUT2D eigenvalue weighted by Gasteiger charge is -2.26. The highest BCUT2D eigenvalue weighted by Gasteiger charge is 2.22. The number of benzene rings is 4. The highest BCUT2D eigenvalue weighted by Crippen LogP contribution is 2.47. The van der Waals surface area contributed by atoms with Crippen molar-refractivity contribution in [2.45, 2.75) is 0 Å². The van der Waals surface area contributed by atoms with E-state index in [0.29, 0.717) is 5.02 Å². The molecule has 0 radical (unpaired) electrons. The van der Waals surface area contributed by atoms with Crippen molar-refractivity contribution in [3.8, 4) is 11.1 Å². The predicted octanol–water partition coefficient (Wildman–Crippen LogP) is 6.90. The van der Waals surface area contributed by atoms with Gasteiger partial charge in [0.05, 0.1) is 44.8 Å². The summed E-state index contributed by atoms with van der Waals surface area (Å²) < 4.78 is 0. The van der Waals surface area contributed by atoms with Crippen molar-refractivity contribution in [3.05, 3.63) is 83.9 Å². The van der Waals surface area contributed by atoms with E-state index in [1.54, 1.807) is 0 Å². The molecule has 2 N–H and O–H groups in total. The molecule has 5 heteroatoms. The molecule has 6 rings (SSSR count). The maximum atomic E-state index is 6.15. The summed E-state index contributed by atoms with van der Waals surface area (Å²) in [7, 11) is 0. The van der Waals surface area contributed by atoms with Gasteiger partial charge in [-0.25, -0.2) is 9.97 Å². The third-order valence-electron chi connectivity index (χ3n) is 5.22. The van der Waals surface area contributed by atoms with Crippen LogP contribution in [0.5, 0.6) is 0 Å². The highest BCUT2D eigenvalue weighted by atomic mass is 35.5. The lowest BCUT2D eigenvalue weighted by Crippen LogP contribution is -2.08. The summed E-state index contributed by atoms with van der Waals surface area (Å²) in [6.45, 7) is 0. The van der Waals surface area contributed by atoms with Crippen LogP contribution in [0.1, 0.15) is 0 Å². The maximum Gasteiger partial charge on any atom is 0.0995 e. The molecule has 1 aromatic heterocycles. The van der Waals surface area contributed by atoms with Crippen molar-refractivity contribution in [2.75, 3.05) is 10.6 Å². The Balaban J connectivity index is 1.71. The molecule has 4 nitrogen and oxygen atoms in total. The van der Waals surface area contributed by atoms with Crippen molar-refractivity contribution in [1.82, 2.24) is 9.97 Å². The van der Waals surface area contributed by atoms with Gasteiger partial charge in [0, 0.05) is 10.6 Å². The average Bonchev–Trinajstić information content (AvgIpc) is 2.75. The summed E-state index contributed by atoms with van der Waals surface area (Å²) in [5, 5.41) is 7.85. The van der Waals surface area contributed by atoms with Gasteiger partial charge in [0.2, 0.25) is 0 Å². The number of rotatable bonds is 1. The van der Waals surface area contributed by atoms with E-state index in [1.165, 1.54) is 0 Å². The van der Waals surface area contributed by atoms with Crippen LogP contribution >= 0.6 is 11.6 Å². The Labute approximate surface area is 172 Å². The van der Waals surface area contributed by atoms with Crippen LogP contribution in [0.25, 0.3) is 33.2 Å². The van der Waals surface area contributed by atoms with Crippen molar-refractivity contribution in [1.29, 1.82) is 0 Å². The van der Waals surface area contributed by atoms with E-state index in [-0.39, 0.29) is 0 Å². The molecule has 0 amide bonds. The third kappa shape index (κ3) is 2.61. The van der Waals surface area contributed by atoms with Gasteiger partial charge in [0.1, 0.15) is 0 Å². The van der Waals surface area contributed by atoms with E-state index in [1.807, 2.05) is 60.7 Å². The first-order valence-electron chi connectivity index (χ1n) is 9.39. The molecule has 1 aliphatic rings. The number of halogens is 1. The Morgan fingerprint density at radius 2 is 1.28 bits per heavy atom. The maximum absolute atomic E-state index is 6.15. The number of nitrogens with zero attached hydrogens (tertiary/aromatic N) is 2. The fourth-order valence-corrected chi connectivity index (χ4v) is 3.99. The molecular formula is C24H15ClN4. The number of para-hydroxylation sites is 4. The quantitative estimate of drug-likeness (QED) is 0.298. The molecule has 0 fully saturated rings. The molecule has 138 valence electrons. The van der Waals surface area contributed by atoms with Crippen LogP contribution in [-0.2, 0) is 0 Å². The normalized spacial score (nSPS) is 12.2. The zero-order chi connectivity index (χ0) is 19.4. The number of anilines is 4. The Bertz CT molecular complexity index is 1410. The molecule has 4 aromatic carbocycles. The fraction of sp³-hybridized carbons (Fsp3) is 0. The molecule has 0 aliphatic carbocycles. The minimum atomic E-state index is 0.704. The third-order valence-corrected chi connectivity index (χ3v) is 5.48. The summed E-state index contributed by atoms with van der Waals surface area (Å²) in [6, 6.07) is 26.0. The summed E-state index contributed by atoms with van der Waals surface area (Å²) >= 11 is 6.15. The van der Waals surface area contributed by atoms with Crippen LogP contribution in [0.2, 0.25) is 5.02 Å². The second kappa shape index (κ2) is 6.19. The van der Waals surface area contributed by atoms with Crippen molar-refractivity contribution in [3.63, 3.8) is 0 Å². The van der Waals surface area contributed by atoms with Gasteiger partial charge in [-0.2, -0.15) is 0 Å². The smallest absolute Gasteiger partial charge is 0.0995 e. The second-order valence-corrected chi connectivity index (χ2v) is 7.49. The summed E-state index contributed by atoms with van der Waals surface area (Å²) in [6.07, 6.45) is 0. The zero-order valence-corrected chi connectivity index (χ0v) is 16.0. The minimum Gasteiger partial charge on any atom is -0.352 e. The Kier molecular flexibility index (Phi) is 3.49. The Morgan fingerprint density at radius 3 is 2.03 bits per heavy atom. The van der Waals surface area contributed by atoms with E-state index in [4.69, 9.17) is 21.6 Å². The van der Waals surface area contributed by atoms with Gasteiger partial charge >= 0.3 is 0 Å². The molecular weight excluding hydrogens is 380 g/mol. The van der Waals surface area contributed by atoms with Gasteiger partial charge in [0.15, 0.2) is 0 Å². The lowest BCUT2D eigenvalue weighted by molar-refractivity contribution is 1.37. The first-order valence-corrected chi connectivity index (χ1v) is 9.76. The molecule has 0 saturated heterocycles. The van der Waals surface area contributed by atoms with Crippen LogP contribution in [-0.4, -0.2) is 9.97 Å². The first-order chi connectivity index (χ1) is 14.3. The number of hydrogen-bond acceptors (Lipinski definition) is 4. The van der Waals surface area contributed by atoms with Crippen LogP contribution in [0, 0.1) is 0 Å². The van der Waals surface area contributed by atoms with Gasteiger partial charge in [-0.05, 0) is 48.0 Å². The summed E-state index contributed by atoms with van der Waals surface area (Å²) in [5.74, 6) is 0. The van der Waals surface area contributed by atoms with Gasteiger partial charge in [0.25, 0.3) is 0 Å². The van der Waals surface area contributed by atoms with E-state index in [9.17, 15) is 0 Å². The highest BCUT2D eigenvalue weighted by molar-refractivity contribution is 6.30. The Morgan fingerprint density at radius 1 is 0.621 bits per heavy atom. The van der Waals surface area contributed by atoms with E-state index in [2.05, 4.69) is 28.8 Å². The van der Waals surface area contributed by atoms with Crippen LogP contribution < -0.4 is 10.6 Å². The van der Waals surface area contributed by atoms with Crippen molar-refractivity contribution >= 4 is 56.4 Å². The summed E-state index contributed by atoms with van der Waals surface area (Å²) in [4.78, 5) is 9.87. The Hall–Kier alpha value is -3.63. The lowest BCUT2D eigenvalue weighted by atomic mass is 9.98. The number of aromatic nitrogens is 2. The van der Waals surface area contributed by atoms with Crippen molar-refractivity contribution in [2.24, 2.45) is 0 Å².